The van der Waals surface area contributed by atoms with Crippen LogP contribution < -0.4 is 5.44 Å². The van der Waals surface area contributed by atoms with Gasteiger partial charge >= 0.3 is 0 Å². The van der Waals surface area contributed by atoms with E-state index >= 15 is 0 Å². The lowest BCUT2D eigenvalue weighted by molar-refractivity contribution is 0.776. The monoisotopic (exact) mass is 273 g/mol. The van der Waals surface area contributed by atoms with E-state index in [0.29, 0.717) is 5.66 Å². The highest BCUT2D eigenvalue weighted by Gasteiger charge is 2.34. The van der Waals surface area contributed by atoms with Crippen molar-refractivity contribution in [1.29, 1.82) is 0 Å². The van der Waals surface area contributed by atoms with Crippen molar-refractivity contribution >= 4 is 13.4 Å². The fraction of sp³-hybridized carbons (Fsp3) is 0.471. The third-order valence-corrected chi connectivity index (χ3v) is 6.93. The van der Waals surface area contributed by atoms with Crippen molar-refractivity contribution in [3.8, 4) is 0 Å². The van der Waals surface area contributed by atoms with E-state index in [9.17, 15) is 0 Å². The molecule has 0 radical (unpaired) electrons. The fourth-order valence-corrected chi connectivity index (χ4v) is 6.00. The summed E-state index contributed by atoms with van der Waals surface area (Å²) in [6, 6.07) is 6.31. The Balaban J connectivity index is 2.35. The van der Waals surface area contributed by atoms with Crippen LogP contribution in [0.15, 0.2) is 47.7 Å². The van der Waals surface area contributed by atoms with Crippen LogP contribution in [0.1, 0.15) is 41.0 Å². The van der Waals surface area contributed by atoms with Crippen LogP contribution in [0.2, 0.25) is 0 Å². The number of hydrogen-bond donors (Lipinski definition) is 0. The minimum atomic E-state index is -0.305. The maximum absolute atomic E-state index is 4.64. The van der Waals surface area contributed by atoms with E-state index in [2.05, 4.69) is 63.9 Å². The quantitative estimate of drug-likeness (QED) is 0.727. The molecule has 2 heteroatoms. The molecule has 2 atom stereocenters. The lowest BCUT2D eigenvalue weighted by Gasteiger charge is -2.38. The van der Waals surface area contributed by atoms with E-state index in [4.69, 9.17) is 0 Å². The molecular formula is C17H24NP. The van der Waals surface area contributed by atoms with Crippen molar-refractivity contribution in [2.45, 2.75) is 51.9 Å². The minimum absolute atomic E-state index is 0.276. The molecule has 0 spiro atoms. The van der Waals surface area contributed by atoms with Crippen molar-refractivity contribution in [2.75, 3.05) is 0 Å². The Morgan fingerprint density at radius 3 is 2.37 bits per heavy atom. The number of pyridine rings is 1. The summed E-state index contributed by atoms with van der Waals surface area (Å²) in [6.45, 7) is 11.7. The predicted octanol–water partition coefficient (Wildman–Crippen LogP) is 4.65. The zero-order chi connectivity index (χ0) is 14.0. The number of rotatable bonds is 4. The molecule has 1 unspecified atom stereocenters. The summed E-state index contributed by atoms with van der Waals surface area (Å²) in [5.74, 6) is 0. The standard InChI is InChI=1S/C17H24NP/c1-6-14-10-11-15(14)13(2)19(17(3,4)5)16-9-7-8-12-18-16/h7-13H,6H2,1-5H3/t13-,19?/m0/s1. The summed E-state index contributed by atoms with van der Waals surface area (Å²) in [4.78, 5) is 4.64. The van der Waals surface area contributed by atoms with Crippen molar-refractivity contribution < 1.29 is 0 Å². The van der Waals surface area contributed by atoms with Crippen molar-refractivity contribution in [1.82, 2.24) is 4.98 Å². The van der Waals surface area contributed by atoms with Gasteiger partial charge in [0.1, 0.15) is 0 Å². The van der Waals surface area contributed by atoms with Gasteiger partial charge < -0.3 is 0 Å². The highest BCUT2D eigenvalue weighted by molar-refractivity contribution is 7.67. The molecule has 0 bridgehead atoms. The molecule has 0 N–H and O–H groups in total. The Bertz CT molecular complexity index is 494. The van der Waals surface area contributed by atoms with Gasteiger partial charge in [-0.3, -0.25) is 4.98 Å². The number of nitrogens with zero attached hydrogens (tertiary/aromatic N) is 1. The number of aromatic nitrogens is 1. The largest absolute Gasteiger partial charge is 0.257 e. The van der Waals surface area contributed by atoms with Gasteiger partial charge in [-0.15, -0.1) is 0 Å². The summed E-state index contributed by atoms with van der Waals surface area (Å²) in [5.41, 5.74) is 4.94. The lowest BCUT2D eigenvalue weighted by Crippen LogP contribution is -2.29. The van der Waals surface area contributed by atoms with Gasteiger partial charge in [0.2, 0.25) is 0 Å². The van der Waals surface area contributed by atoms with Gasteiger partial charge in [0.25, 0.3) is 0 Å². The van der Waals surface area contributed by atoms with E-state index in [0.717, 1.165) is 6.42 Å². The van der Waals surface area contributed by atoms with E-state index in [1.165, 1.54) is 11.0 Å². The molecule has 1 aliphatic rings. The highest BCUT2D eigenvalue weighted by Crippen LogP contribution is 2.55. The molecule has 0 amide bonds. The molecule has 1 aromatic heterocycles. The van der Waals surface area contributed by atoms with Crippen LogP contribution in [0, 0.1) is 0 Å². The van der Waals surface area contributed by atoms with Crippen molar-refractivity contribution in [3.63, 3.8) is 0 Å². The summed E-state index contributed by atoms with van der Waals surface area (Å²) in [6.07, 6.45) is 7.63. The minimum Gasteiger partial charge on any atom is -0.257 e. The average Bonchev–Trinajstić information content (AvgIpc) is 2.27. The third kappa shape index (κ3) is 2.98. The molecule has 0 fully saturated rings. The summed E-state index contributed by atoms with van der Waals surface area (Å²) < 4.78 is 0. The lowest BCUT2D eigenvalue weighted by atomic mass is 9.94. The van der Waals surface area contributed by atoms with Gasteiger partial charge in [-0.2, -0.15) is 0 Å². The Morgan fingerprint density at radius 2 is 1.95 bits per heavy atom. The molecule has 0 saturated carbocycles. The Kier molecular flexibility index (Phi) is 4.26. The van der Waals surface area contributed by atoms with E-state index in [-0.39, 0.29) is 13.1 Å². The molecular weight excluding hydrogens is 249 g/mol. The fourth-order valence-electron chi connectivity index (χ4n) is 2.79. The molecule has 1 aliphatic carbocycles. The van der Waals surface area contributed by atoms with Crippen LogP contribution in [0.5, 0.6) is 0 Å². The first-order chi connectivity index (χ1) is 8.95. The molecule has 0 aromatic carbocycles. The highest BCUT2D eigenvalue weighted by atomic mass is 31.1. The van der Waals surface area contributed by atoms with Gasteiger partial charge in [0.15, 0.2) is 0 Å². The third-order valence-electron chi connectivity index (χ3n) is 3.67. The molecule has 19 heavy (non-hydrogen) atoms. The first-order valence-electron chi connectivity index (χ1n) is 7.06. The summed E-state index contributed by atoms with van der Waals surface area (Å²) in [5, 5.41) is 0.276. The van der Waals surface area contributed by atoms with E-state index < -0.39 is 0 Å². The second kappa shape index (κ2) is 5.59. The molecule has 1 nitrogen and oxygen atoms in total. The normalized spacial score (nSPS) is 18.2. The maximum Gasteiger partial charge on any atom is 0.0641 e. The van der Waals surface area contributed by atoms with Crippen LogP contribution in [0.4, 0.5) is 0 Å². The second-order valence-corrected chi connectivity index (χ2v) is 9.39. The first kappa shape index (κ1) is 14.5. The predicted molar refractivity (Wildman–Crippen MR) is 86.5 cm³/mol. The van der Waals surface area contributed by atoms with Crippen LogP contribution in [-0.2, 0) is 0 Å². The summed E-state index contributed by atoms with van der Waals surface area (Å²) in [7, 11) is -0.305. The zero-order valence-electron chi connectivity index (χ0n) is 12.6. The van der Waals surface area contributed by atoms with Gasteiger partial charge in [-0.25, -0.2) is 0 Å². The van der Waals surface area contributed by atoms with E-state index in [1.54, 1.807) is 5.57 Å². The molecule has 0 aliphatic heterocycles. The SMILES string of the molecule is CCC1=C([C@H](C)P(c2ccccn2)C(C)(C)C)C=C1. The van der Waals surface area contributed by atoms with Gasteiger partial charge in [-0.1, -0.05) is 52.8 Å². The van der Waals surface area contributed by atoms with Crippen molar-refractivity contribution in [3.05, 3.63) is 47.7 Å². The van der Waals surface area contributed by atoms with Crippen LogP contribution >= 0.6 is 7.92 Å². The first-order valence-corrected chi connectivity index (χ1v) is 8.47. The topological polar surface area (TPSA) is 12.9 Å². The average molecular weight is 273 g/mol. The second-order valence-electron chi connectivity index (χ2n) is 6.07. The van der Waals surface area contributed by atoms with Crippen molar-refractivity contribution in [2.24, 2.45) is 0 Å². The molecule has 1 aromatic rings. The Hall–Kier alpha value is -0.940. The van der Waals surface area contributed by atoms with E-state index in [1.807, 2.05) is 12.3 Å². The molecule has 2 rings (SSSR count). The van der Waals surface area contributed by atoms with Crippen LogP contribution in [-0.4, -0.2) is 15.8 Å². The molecule has 0 saturated heterocycles. The number of hydrogen-bond acceptors (Lipinski definition) is 1. The molecule has 102 valence electrons. The van der Waals surface area contributed by atoms with Gasteiger partial charge in [-0.05, 0) is 42.8 Å². The maximum atomic E-state index is 4.64. The number of allylic oxidation sites excluding steroid dienone is 4. The Labute approximate surface area is 118 Å². The van der Waals surface area contributed by atoms with Crippen LogP contribution in [0.25, 0.3) is 0 Å². The smallest absolute Gasteiger partial charge is 0.0641 e. The molecule has 1 heterocycles. The van der Waals surface area contributed by atoms with Gasteiger partial charge in [0, 0.05) is 11.9 Å². The zero-order valence-corrected chi connectivity index (χ0v) is 13.5. The Morgan fingerprint density at radius 1 is 1.21 bits per heavy atom. The summed E-state index contributed by atoms with van der Waals surface area (Å²) >= 11 is 0. The van der Waals surface area contributed by atoms with Gasteiger partial charge in [0.05, 0.1) is 5.44 Å². The van der Waals surface area contributed by atoms with Crippen LogP contribution in [0.3, 0.4) is 0 Å².